The molecule has 0 aliphatic heterocycles. The van der Waals surface area contributed by atoms with E-state index < -0.39 is 0 Å². The number of rotatable bonds is 5. The summed E-state index contributed by atoms with van der Waals surface area (Å²) in [6, 6.07) is 1.12. The third-order valence-corrected chi connectivity index (χ3v) is 2.66. The lowest BCUT2D eigenvalue weighted by molar-refractivity contribution is 0.0909. The Labute approximate surface area is 111 Å². The van der Waals surface area contributed by atoms with Gasteiger partial charge in [-0.3, -0.25) is 4.79 Å². The zero-order chi connectivity index (χ0) is 13.7. The number of nitrogens with one attached hydrogen (secondary N) is 1. The third-order valence-electron chi connectivity index (χ3n) is 2.46. The SMILES string of the molecule is CC(C)CC(CO)NC(=O)c1cc(Cl)ncc1N. The van der Waals surface area contributed by atoms with Gasteiger partial charge in [-0.2, -0.15) is 0 Å². The van der Waals surface area contributed by atoms with Crippen LogP contribution in [0.15, 0.2) is 12.3 Å². The maximum Gasteiger partial charge on any atom is 0.253 e. The fourth-order valence-corrected chi connectivity index (χ4v) is 1.81. The zero-order valence-electron chi connectivity index (χ0n) is 10.5. The van der Waals surface area contributed by atoms with E-state index >= 15 is 0 Å². The van der Waals surface area contributed by atoms with Crippen molar-refractivity contribution >= 4 is 23.2 Å². The zero-order valence-corrected chi connectivity index (χ0v) is 11.2. The first kappa shape index (κ1) is 14.7. The molecule has 1 aromatic rings. The molecule has 0 aromatic carbocycles. The molecule has 0 saturated heterocycles. The molecule has 0 radical (unpaired) electrons. The molecule has 0 bridgehead atoms. The highest BCUT2D eigenvalue weighted by molar-refractivity contribution is 6.29. The molecule has 1 atom stereocenters. The van der Waals surface area contributed by atoms with Gasteiger partial charge in [0.1, 0.15) is 5.15 Å². The molecule has 0 fully saturated rings. The maximum absolute atomic E-state index is 12.0. The van der Waals surface area contributed by atoms with Crippen molar-refractivity contribution in [2.45, 2.75) is 26.3 Å². The maximum atomic E-state index is 12.0. The van der Waals surface area contributed by atoms with Crippen molar-refractivity contribution in [3.8, 4) is 0 Å². The molecule has 0 aliphatic carbocycles. The normalized spacial score (nSPS) is 12.5. The molecule has 0 spiro atoms. The lowest BCUT2D eigenvalue weighted by Gasteiger charge is -2.18. The van der Waals surface area contributed by atoms with E-state index in [-0.39, 0.29) is 35.0 Å². The van der Waals surface area contributed by atoms with Gasteiger partial charge < -0.3 is 16.2 Å². The van der Waals surface area contributed by atoms with Crippen molar-refractivity contribution in [1.29, 1.82) is 0 Å². The Morgan fingerprint density at radius 3 is 2.83 bits per heavy atom. The summed E-state index contributed by atoms with van der Waals surface area (Å²) in [5, 5.41) is 12.1. The summed E-state index contributed by atoms with van der Waals surface area (Å²) in [4.78, 5) is 15.8. The Bertz CT molecular complexity index is 424. The minimum absolute atomic E-state index is 0.108. The second-order valence-corrected chi connectivity index (χ2v) is 4.96. The van der Waals surface area contributed by atoms with Crippen LogP contribution in [0.4, 0.5) is 5.69 Å². The smallest absolute Gasteiger partial charge is 0.253 e. The first-order valence-electron chi connectivity index (χ1n) is 5.76. The summed E-state index contributed by atoms with van der Waals surface area (Å²) in [7, 11) is 0. The number of anilines is 1. The first-order chi connectivity index (χ1) is 8.43. The average Bonchev–Trinajstić information content (AvgIpc) is 2.30. The van der Waals surface area contributed by atoms with Crippen LogP contribution < -0.4 is 11.1 Å². The van der Waals surface area contributed by atoms with Gasteiger partial charge in [0, 0.05) is 0 Å². The number of carbonyl (C=O) groups is 1. The Balaban J connectivity index is 2.77. The molecule has 1 aromatic heterocycles. The number of amides is 1. The van der Waals surface area contributed by atoms with Gasteiger partial charge in [0.05, 0.1) is 30.1 Å². The number of nitrogens with two attached hydrogens (primary N) is 1. The number of aromatic nitrogens is 1. The molecule has 5 nitrogen and oxygen atoms in total. The number of nitrogen functional groups attached to an aromatic ring is 1. The van der Waals surface area contributed by atoms with Crippen molar-refractivity contribution in [3.05, 3.63) is 23.0 Å². The van der Waals surface area contributed by atoms with Gasteiger partial charge in [0.15, 0.2) is 0 Å². The summed E-state index contributed by atoms with van der Waals surface area (Å²) in [6.45, 7) is 3.93. The van der Waals surface area contributed by atoms with E-state index in [9.17, 15) is 9.90 Å². The summed E-state index contributed by atoms with van der Waals surface area (Å²) in [5.41, 5.74) is 6.20. The summed E-state index contributed by atoms with van der Waals surface area (Å²) < 4.78 is 0. The van der Waals surface area contributed by atoms with Crippen LogP contribution in [0.25, 0.3) is 0 Å². The van der Waals surface area contributed by atoms with Gasteiger partial charge in [-0.25, -0.2) is 4.98 Å². The van der Waals surface area contributed by atoms with Crippen LogP contribution in [0.1, 0.15) is 30.6 Å². The van der Waals surface area contributed by atoms with E-state index in [4.69, 9.17) is 17.3 Å². The van der Waals surface area contributed by atoms with Crippen molar-refractivity contribution < 1.29 is 9.90 Å². The van der Waals surface area contributed by atoms with Crippen LogP contribution in [-0.2, 0) is 0 Å². The standard InChI is InChI=1S/C12H18ClN3O2/c1-7(2)3-8(6-17)16-12(18)9-4-11(13)15-5-10(9)14/h4-5,7-8,17H,3,6,14H2,1-2H3,(H,16,18). The number of pyridine rings is 1. The van der Waals surface area contributed by atoms with Crippen molar-refractivity contribution in [2.24, 2.45) is 5.92 Å². The quantitative estimate of drug-likeness (QED) is 0.708. The minimum atomic E-state index is -0.350. The summed E-state index contributed by atoms with van der Waals surface area (Å²) in [6.07, 6.45) is 2.04. The molecule has 18 heavy (non-hydrogen) atoms. The Hall–Kier alpha value is -1.33. The minimum Gasteiger partial charge on any atom is -0.397 e. The molecular formula is C12H18ClN3O2. The van der Waals surface area contributed by atoms with Gasteiger partial charge in [-0.05, 0) is 18.4 Å². The average molecular weight is 272 g/mol. The molecule has 1 heterocycles. The second-order valence-electron chi connectivity index (χ2n) is 4.58. The highest BCUT2D eigenvalue weighted by Gasteiger charge is 2.16. The fraction of sp³-hybridized carbons (Fsp3) is 0.500. The molecule has 6 heteroatoms. The van der Waals surface area contributed by atoms with Crippen molar-refractivity contribution in [3.63, 3.8) is 0 Å². The third kappa shape index (κ3) is 4.16. The van der Waals surface area contributed by atoms with E-state index in [1.54, 1.807) is 0 Å². The predicted molar refractivity (Wildman–Crippen MR) is 71.5 cm³/mol. The Kier molecular flexibility index (Phi) is 5.37. The highest BCUT2D eigenvalue weighted by atomic mass is 35.5. The van der Waals surface area contributed by atoms with Crippen molar-refractivity contribution in [2.75, 3.05) is 12.3 Å². The Morgan fingerprint density at radius 2 is 2.28 bits per heavy atom. The Morgan fingerprint density at radius 1 is 1.61 bits per heavy atom. The van der Waals surface area contributed by atoms with E-state index in [1.807, 2.05) is 13.8 Å². The largest absolute Gasteiger partial charge is 0.397 e. The lowest BCUT2D eigenvalue weighted by Crippen LogP contribution is -2.38. The first-order valence-corrected chi connectivity index (χ1v) is 6.14. The number of aliphatic hydroxyl groups is 1. The monoisotopic (exact) mass is 271 g/mol. The summed E-state index contributed by atoms with van der Waals surface area (Å²) in [5.74, 6) is 0.0253. The van der Waals surface area contributed by atoms with Crippen LogP contribution in [0, 0.1) is 5.92 Å². The molecule has 100 valence electrons. The van der Waals surface area contributed by atoms with Crippen LogP contribution in [0.2, 0.25) is 5.15 Å². The fourth-order valence-electron chi connectivity index (χ4n) is 1.65. The van der Waals surface area contributed by atoms with Crippen LogP contribution in [0.5, 0.6) is 0 Å². The van der Waals surface area contributed by atoms with Gasteiger partial charge in [-0.1, -0.05) is 25.4 Å². The van der Waals surface area contributed by atoms with Gasteiger partial charge in [0.2, 0.25) is 0 Å². The van der Waals surface area contributed by atoms with E-state index in [0.717, 1.165) is 0 Å². The van der Waals surface area contributed by atoms with Crippen molar-refractivity contribution in [1.82, 2.24) is 10.3 Å². The summed E-state index contributed by atoms with van der Waals surface area (Å²) >= 11 is 5.72. The highest BCUT2D eigenvalue weighted by Crippen LogP contribution is 2.15. The van der Waals surface area contributed by atoms with Gasteiger partial charge >= 0.3 is 0 Å². The molecule has 1 unspecified atom stereocenters. The van der Waals surface area contributed by atoms with E-state index in [2.05, 4.69) is 10.3 Å². The van der Waals surface area contributed by atoms with E-state index in [1.165, 1.54) is 12.3 Å². The van der Waals surface area contributed by atoms with Gasteiger partial charge in [-0.15, -0.1) is 0 Å². The number of halogens is 1. The number of hydrogen-bond acceptors (Lipinski definition) is 4. The van der Waals surface area contributed by atoms with Gasteiger partial charge in [0.25, 0.3) is 5.91 Å². The number of aliphatic hydroxyl groups excluding tert-OH is 1. The number of carbonyl (C=O) groups excluding carboxylic acids is 1. The van der Waals surface area contributed by atoms with E-state index in [0.29, 0.717) is 12.3 Å². The lowest BCUT2D eigenvalue weighted by atomic mass is 10.0. The number of hydrogen-bond donors (Lipinski definition) is 3. The molecule has 0 saturated carbocycles. The van der Waals surface area contributed by atoms with Crippen LogP contribution in [0.3, 0.4) is 0 Å². The molecule has 1 rings (SSSR count). The topological polar surface area (TPSA) is 88.2 Å². The molecule has 0 aliphatic rings. The van der Waals surface area contributed by atoms with Crippen LogP contribution in [-0.4, -0.2) is 28.6 Å². The number of nitrogens with zero attached hydrogens (tertiary/aromatic N) is 1. The molecule has 4 N–H and O–H groups in total. The van der Waals surface area contributed by atoms with Crippen LogP contribution >= 0.6 is 11.6 Å². The predicted octanol–water partition coefficient (Wildman–Crippen LogP) is 1.45. The second kappa shape index (κ2) is 6.56. The molecule has 1 amide bonds. The molecular weight excluding hydrogens is 254 g/mol.